The summed E-state index contributed by atoms with van der Waals surface area (Å²) in [5, 5.41) is 0. The summed E-state index contributed by atoms with van der Waals surface area (Å²) in [4.78, 5) is 8.14. The summed E-state index contributed by atoms with van der Waals surface area (Å²) < 4.78 is 0. The number of fused-ring (bicyclic) bond motifs is 2. The Morgan fingerprint density at radius 1 is 1.05 bits per heavy atom. The molecule has 0 amide bonds. The van der Waals surface area contributed by atoms with E-state index in [0.29, 0.717) is 0 Å². The van der Waals surface area contributed by atoms with Crippen molar-refractivity contribution in [1.29, 1.82) is 0 Å². The van der Waals surface area contributed by atoms with Crippen molar-refractivity contribution in [2.75, 3.05) is 39.3 Å². The van der Waals surface area contributed by atoms with Crippen molar-refractivity contribution in [1.82, 2.24) is 14.7 Å². The summed E-state index contributed by atoms with van der Waals surface area (Å²) in [6, 6.07) is 2.47. The Bertz CT molecular complexity index is 296. The topological polar surface area (TPSA) is 9.72 Å². The highest BCUT2D eigenvalue weighted by molar-refractivity contribution is 5.01. The van der Waals surface area contributed by atoms with Gasteiger partial charge in [0.1, 0.15) is 0 Å². The molecule has 19 heavy (non-hydrogen) atoms. The second-order valence-corrected chi connectivity index (χ2v) is 7.17. The fourth-order valence-corrected chi connectivity index (χ4v) is 4.45. The van der Waals surface area contributed by atoms with Gasteiger partial charge in [-0.1, -0.05) is 6.92 Å². The molecule has 3 aliphatic heterocycles. The maximum absolute atomic E-state index is 2.82. The number of likely N-dealkylation sites (tertiary alicyclic amines) is 3. The molecule has 0 saturated carbocycles. The molecule has 110 valence electrons. The Hall–Kier alpha value is -0.120. The van der Waals surface area contributed by atoms with Gasteiger partial charge >= 0.3 is 0 Å². The number of hydrogen-bond donors (Lipinski definition) is 0. The van der Waals surface area contributed by atoms with Crippen LogP contribution >= 0.6 is 0 Å². The second-order valence-electron chi connectivity index (χ2n) is 7.17. The first-order valence-electron chi connectivity index (χ1n) is 8.39. The van der Waals surface area contributed by atoms with Crippen LogP contribution < -0.4 is 0 Å². The fourth-order valence-electron chi connectivity index (χ4n) is 4.45. The molecule has 0 aromatic carbocycles. The number of nitrogens with zero attached hydrogens (tertiary/aromatic N) is 3. The highest BCUT2D eigenvalue weighted by Gasteiger charge is 2.44. The van der Waals surface area contributed by atoms with Crippen molar-refractivity contribution in [2.24, 2.45) is 5.92 Å². The van der Waals surface area contributed by atoms with Gasteiger partial charge in [0, 0.05) is 37.8 Å². The Morgan fingerprint density at radius 2 is 1.79 bits per heavy atom. The standard InChI is InChI=1S/C16H31N3/c1-4-17-7-5-14(6-8-17)10-18-11-16-9-15(18)12-19(16)13(2)3/h13-16H,4-12H2,1-3H3. The molecule has 0 aromatic heterocycles. The molecule has 3 rings (SSSR count). The molecule has 0 aliphatic carbocycles. The normalized spacial score (nSPS) is 34.7. The van der Waals surface area contributed by atoms with Crippen LogP contribution in [0.25, 0.3) is 0 Å². The van der Waals surface area contributed by atoms with E-state index in [9.17, 15) is 0 Å². The number of piperidine rings is 1. The number of hydrogen-bond acceptors (Lipinski definition) is 3. The molecule has 3 heterocycles. The molecular weight excluding hydrogens is 234 g/mol. The van der Waals surface area contributed by atoms with Crippen LogP contribution in [0.5, 0.6) is 0 Å². The number of rotatable bonds is 4. The smallest absolute Gasteiger partial charge is 0.0242 e. The maximum Gasteiger partial charge on any atom is 0.0242 e. The van der Waals surface area contributed by atoms with Crippen LogP contribution in [0.4, 0.5) is 0 Å². The van der Waals surface area contributed by atoms with E-state index in [-0.39, 0.29) is 0 Å². The average Bonchev–Trinajstić information content (AvgIpc) is 2.99. The molecule has 3 aliphatic rings. The van der Waals surface area contributed by atoms with E-state index in [1.165, 1.54) is 58.5 Å². The third-order valence-electron chi connectivity index (χ3n) is 5.71. The summed E-state index contributed by atoms with van der Waals surface area (Å²) in [5.74, 6) is 0.967. The molecule has 3 fully saturated rings. The lowest BCUT2D eigenvalue weighted by molar-refractivity contribution is 0.0787. The maximum atomic E-state index is 2.82. The van der Waals surface area contributed by atoms with E-state index in [4.69, 9.17) is 0 Å². The molecule has 0 N–H and O–H groups in total. The van der Waals surface area contributed by atoms with Crippen LogP contribution in [-0.2, 0) is 0 Å². The van der Waals surface area contributed by atoms with Crippen molar-refractivity contribution in [3.05, 3.63) is 0 Å². The Kier molecular flexibility index (Phi) is 4.16. The van der Waals surface area contributed by atoms with E-state index in [1.54, 1.807) is 0 Å². The van der Waals surface area contributed by atoms with Gasteiger partial charge in [0.2, 0.25) is 0 Å². The molecule has 2 bridgehead atoms. The molecule has 0 spiro atoms. The average molecular weight is 265 g/mol. The third kappa shape index (κ3) is 2.84. The molecule has 0 aromatic rings. The summed E-state index contributed by atoms with van der Waals surface area (Å²) in [7, 11) is 0. The van der Waals surface area contributed by atoms with Gasteiger partial charge in [-0.2, -0.15) is 0 Å². The van der Waals surface area contributed by atoms with Crippen molar-refractivity contribution in [3.63, 3.8) is 0 Å². The van der Waals surface area contributed by atoms with Crippen LogP contribution in [0.3, 0.4) is 0 Å². The quantitative estimate of drug-likeness (QED) is 0.768. The minimum absolute atomic E-state index is 0.741. The van der Waals surface area contributed by atoms with Gasteiger partial charge in [-0.05, 0) is 58.7 Å². The molecular formula is C16H31N3. The van der Waals surface area contributed by atoms with Gasteiger partial charge < -0.3 is 4.90 Å². The zero-order valence-electron chi connectivity index (χ0n) is 13.0. The highest BCUT2D eigenvalue weighted by atomic mass is 15.4. The first kappa shape index (κ1) is 13.8. The van der Waals surface area contributed by atoms with Gasteiger partial charge in [0.15, 0.2) is 0 Å². The van der Waals surface area contributed by atoms with Crippen LogP contribution in [0, 0.1) is 5.92 Å². The third-order valence-corrected chi connectivity index (χ3v) is 5.71. The zero-order chi connectivity index (χ0) is 13.4. The SMILES string of the molecule is CCN1CCC(CN2CC3CC2CN3C(C)C)CC1. The minimum Gasteiger partial charge on any atom is -0.304 e. The first-order valence-corrected chi connectivity index (χ1v) is 8.39. The molecule has 3 nitrogen and oxygen atoms in total. The van der Waals surface area contributed by atoms with Crippen molar-refractivity contribution in [2.45, 2.75) is 58.2 Å². The van der Waals surface area contributed by atoms with Gasteiger partial charge in [-0.3, -0.25) is 9.80 Å². The Balaban J connectivity index is 1.46. The predicted molar refractivity (Wildman–Crippen MR) is 80.4 cm³/mol. The van der Waals surface area contributed by atoms with Gasteiger partial charge in [0.05, 0.1) is 0 Å². The lowest BCUT2D eigenvalue weighted by atomic mass is 9.96. The summed E-state index contributed by atoms with van der Waals surface area (Å²) in [5.41, 5.74) is 0. The molecule has 0 radical (unpaired) electrons. The van der Waals surface area contributed by atoms with Gasteiger partial charge in [-0.15, -0.1) is 0 Å². The van der Waals surface area contributed by atoms with E-state index in [2.05, 4.69) is 35.5 Å². The van der Waals surface area contributed by atoms with E-state index >= 15 is 0 Å². The monoisotopic (exact) mass is 265 g/mol. The summed E-state index contributed by atoms with van der Waals surface area (Å²) in [6.07, 6.45) is 4.29. The lowest BCUT2D eigenvalue weighted by Crippen LogP contribution is -2.50. The van der Waals surface area contributed by atoms with Crippen LogP contribution in [0.2, 0.25) is 0 Å². The molecule has 2 atom stereocenters. The van der Waals surface area contributed by atoms with E-state index < -0.39 is 0 Å². The Morgan fingerprint density at radius 3 is 2.32 bits per heavy atom. The number of piperazine rings is 1. The fraction of sp³-hybridized carbons (Fsp3) is 1.00. The van der Waals surface area contributed by atoms with Gasteiger partial charge in [-0.25, -0.2) is 0 Å². The first-order chi connectivity index (χ1) is 9.17. The van der Waals surface area contributed by atoms with Crippen molar-refractivity contribution >= 4 is 0 Å². The highest BCUT2D eigenvalue weighted by Crippen LogP contribution is 2.33. The molecule has 3 heteroatoms. The predicted octanol–water partition coefficient (Wildman–Crippen LogP) is 1.89. The summed E-state index contributed by atoms with van der Waals surface area (Å²) >= 11 is 0. The zero-order valence-corrected chi connectivity index (χ0v) is 13.0. The lowest BCUT2D eigenvalue weighted by Gasteiger charge is -2.39. The van der Waals surface area contributed by atoms with Crippen molar-refractivity contribution < 1.29 is 0 Å². The largest absolute Gasteiger partial charge is 0.304 e. The van der Waals surface area contributed by atoms with E-state index in [0.717, 1.165) is 24.0 Å². The van der Waals surface area contributed by atoms with Crippen LogP contribution in [-0.4, -0.2) is 72.1 Å². The molecule has 3 saturated heterocycles. The second kappa shape index (κ2) is 5.71. The van der Waals surface area contributed by atoms with E-state index in [1.807, 2.05) is 0 Å². The summed E-state index contributed by atoms with van der Waals surface area (Å²) in [6.45, 7) is 15.0. The Labute approximate surface area is 118 Å². The van der Waals surface area contributed by atoms with Crippen LogP contribution in [0.15, 0.2) is 0 Å². The van der Waals surface area contributed by atoms with Crippen LogP contribution in [0.1, 0.15) is 40.0 Å². The minimum atomic E-state index is 0.741. The van der Waals surface area contributed by atoms with Crippen molar-refractivity contribution in [3.8, 4) is 0 Å². The van der Waals surface area contributed by atoms with Gasteiger partial charge in [0.25, 0.3) is 0 Å². The molecule has 2 unspecified atom stereocenters.